The predicted octanol–water partition coefficient (Wildman–Crippen LogP) is 4.59. The summed E-state index contributed by atoms with van der Waals surface area (Å²) in [7, 11) is 0. The molecule has 2 N–H and O–H groups in total. The van der Waals surface area contributed by atoms with Crippen molar-refractivity contribution in [2.24, 2.45) is 0 Å². The number of benzene rings is 3. The quantitative estimate of drug-likeness (QED) is 0.282. The molecule has 0 bridgehead atoms. The van der Waals surface area contributed by atoms with Crippen molar-refractivity contribution >= 4 is 46.8 Å². The number of thioether (sulfide) groups is 1. The van der Waals surface area contributed by atoms with Gasteiger partial charge < -0.3 is 5.32 Å². The molecule has 0 unspecified atom stereocenters. The molecule has 0 saturated heterocycles. The molecule has 0 radical (unpaired) electrons. The smallest absolute Gasteiger partial charge is 0.259 e. The molecular formula is C25H18ClN5O3S. The van der Waals surface area contributed by atoms with Gasteiger partial charge in [0.05, 0.1) is 11.1 Å². The molecule has 3 aromatic carbocycles. The van der Waals surface area contributed by atoms with E-state index < -0.39 is 11.8 Å². The van der Waals surface area contributed by atoms with Crippen molar-refractivity contribution < 1.29 is 14.4 Å². The number of carbonyl (C=O) groups is 3. The number of aromatic nitrogens is 3. The highest BCUT2D eigenvalue weighted by Gasteiger charge is 2.26. The Bertz CT molecular complexity index is 1450. The minimum atomic E-state index is -0.465. The van der Waals surface area contributed by atoms with Gasteiger partial charge in [0.15, 0.2) is 11.0 Å². The van der Waals surface area contributed by atoms with Crippen LogP contribution in [0.2, 0.25) is 5.02 Å². The number of nitrogens with zero attached hydrogens (tertiary/aromatic N) is 3. The first-order valence-corrected chi connectivity index (χ1v) is 12.0. The molecule has 3 amide bonds. The van der Waals surface area contributed by atoms with E-state index in [0.29, 0.717) is 33.0 Å². The SMILES string of the molecule is O=C(CCSc1nnc(-c2cccc(Cl)c2)n1-c1ccccc1)Nc1ccc2c(c1)C(=O)NC2=O. The number of hydrogen-bond acceptors (Lipinski definition) is 6. The third-order valence-corrected chi connectivity index (χ3v) is 6.48. The maximum atomic E-state index is 12.5. The van der Waals surface area contributed by atoms with Crippen LogP contribution >= 0.6 is 23.4 Å². The number of carbonyl (C=O) groups excluding carboxylic acids is 3. The van der Waals surface area contributed by atoms with Crippen molar-refractivity contribution in [3.63, 3.8) is 0 Å². The lowest BCUT2D eigenvalue weighted by molar-refractivity contribution is -0.115. The van der Waals surface area contributed by atoms with Gasteiger partial charge >= 0.3 is 0 Å². The van der Waals surface area contributed by atoms with Crippen LogP contribution in [-0.4, -0.2) is 38.2 Å². The fourth-order valence-corrected chi connectivity index (χ4v) is 4.77. The van der Waals surface area contributed by atoms with Gasteiger partial charge in [-0.15, -0.1) is 10.2 Å². The summed E-state index contributed by atoms with van der Waals surface area (Å²) in [6.07, 6.45) is 0.209. The van der Waals surface area contributed by atoms with Crippen molar-refractivity contribution in [3.05, 3.63) is 88.9 Å². The van der Waals surface area contributed by atoms with E-state index in [1.54, 1.807) is 12.1 Å². The molecule has 4 aromatic rings. The number of halogens is 1. The zero-order valence-corrected chi connectivity index (χ0v) is 19.8. The van der Waals surface area contributed by atoms with Gasteiger partial charge in [-0.3, -0.25) is 24.3 Å². The summed E-state index contributed by atoms with van der Waals surface area (Å²) < 4.78 is 1.93. The average molecular weight is 504 g/mol. The first-order valence-electron chi connectivity index (χ1n) is 10.7. The first-order chi connectivity index (χ1) is 17.0. The van der Waals surface area contributed by atoms with Crippen LogP contribution in [0.1, 0.15) is 27.1 Å². The van der Waals surface area contributed by atoms with E-state index >= 15 is 0 Å². The number of hydrogen-bond donors (Lipinski definition) is 2. The van der Waals surface area contributed by atoms with E-state index in [-0.39, 0.29) is 17.9 Å². The Morgan fingerprint density at radius 3 is 2.54 bits per heavy atom. The molecule has 2 heterocycles. The number of rotatable bonds is 7. The highest BCUT2D eigenvalue weighted by atomic mass is 35.5. The van der Waals surface area contributed by atoms with Crippen LogP contribution in [0.3, 0.4) is 0 Å². The molecular weight excluding hydrogens is 486 g/mol. The molecule has 0 spiro atoms. The molecule has 1 aliphatic heterocycles. The lowest BCUT2D eigenvalue weighted by atomic mass is 10.1. The van der Waals surface area contributed by atoms with Crippen LogP contribution in [0.5, 0.6) is 0 Å². The third kappa shape index (κ3) is 4.82. The molecule has 8 nitrogen and oxygen atoms in total. The number of anilines is 1. The molecule has 0 fully saturated rings. The van der Waals surface area contributed by atoms with Crippen molar-refractivity contribution in [1.29, 1.82) is 0 Å². The Morgan fingerprint density at radius 2 is 1.74 bits per heavy atom. The summed E-state index contributed by atoms with van der Waals surface area (Å²) in [5.74, 6) is -0.0120. The molecule has 10 heteroatoms. The fourth-order valence-electron chi connectivity index (χ4n) is 3.69. The van der Waals surface area contributed by atoms with Crippen molar-refractivity contribution in [2.45, 2.75) is 11.6 Å². The van der Waals surface area contributed by atoms with Gasteiger partial charge in [0.2, 0.25) is 5.91 Å². The lowest BCUT2D eigenvalue weighted by Gasteiger charge is -2.10. The van der Waals surface area contributed by atoms with Crippen LogP contribution in [0.4, 0.5) is 5.69 Å². The topological polar surface area (TPSA) is 106 Å². The second-order valence-electron chi connectivity index (χ2n) is 7.68. The van der Waals surface area contributed by atoms with Crippen molar-refractivity contribution in [2.75, 3.05) is 11.1 Å². The van der Waals surface area contributed by atoms with Gasteiger partial charge in [-0.05, 0) is 42.5 Å². The molecule has 5 rings (SSSR count). The van der Waals surface area contributed by atoms with E-state index in [0.717, 1.165) is 11.3 Å². The lowest BCUT2D eigenvalue weighted by Crippen LogP contribution is -2.19. The van der Waals surface area contributed by atoms with Gasteiger partial charge in [-0.25, -0.2) is 0 Å². The van der Waals surface area contributed by atoms with Gasteiger partial charge in [-0.2, -0.15) is 0 Å². The number of fused-ring (bicyclic) bond motifs is 1. The second kappa shape index (κ2) is 9.73. The van der Waals surface area contributed by atoms with Gasteiger partial charge in [-0.1, -0.05) is 53.7 Å². The van der Waals surface area contributed by atoms with E-state index in [1.807, 2.05) is 53.1 Å². The van der Waals surface area contributed by atoms with Crippen molar-refractivity contribution in [1.82, 2.24) is 20.1 Å². The molecule has 174 valence electrons. The molecule has 0 saturated carbocycles. The highest BCUT2D eigenvalue weighted by molar-refractivity contribution is 7.99. The molecule has 0 atom stereocenters. The van der Waals surface area contributed by atoms with E-state index in [4.69, 9.17) is 11.6 Å². The number of para-hydroxylation sites is 1. The summed E-state index contributed by atoms with van der Waals surface area (Å²) in [5.41, 5.74) is 2.74. The Labute approximate surface area is 209 Å². The maximum absolute atomic E-state index is 12.5. The Kier molecular flexibility index (Phi) is 6.35. The van der Waals surface area contributed by atoms with Crippen LogP contribution in [-0.2, 0) is 4.79 Å². The minimum Gasteiger partial charge on any atom is -0.326 e. The third-order valence-electron chi connectivity index (χ3n) is 5.31. The van der Waals surface area contributed by atoms with Crippen LogP contribution in [0, 0.1) is 0 Å². The highest BCUT2D eigenvalue weighted by Crippen LogP contribution is 2.29. The normalized spacial score (nSPS) is 12.4. The minimum absolute atomic E-state index is 0.209. The zero-order valence-electron chi connectivity index (χ0n) is 18.2. The molecule has 1 aliphatic rings. The van der Waals surface area contributed by atoms with E-state index in [1.165, 1.54) is 23.9 Å². The van der Waals surface area contributed by atoms with Crippen LogP contribution < -0.4 is 10.6 Å². The van der Waals surface area contributed by atoms with Crippen molar-refractivity contribution in [3.8, 4) is 17.1 Å². The second-order valence-corrected chi connectivity index (χ2v) is 9.18. The molecule has 0 aliphatic carbocycles. The zero-order chi connectivity index (χ0) is 24.4. The maximum Gasteiger partial charge on any atom is 0.259 e. The molecule has 1 aromatic heterocycles. The van der Waals surface area contributed by atoms with E-state index in [9.17, 15) is 14.4 Å². The fraction of sp³-hybridized carbons (Fsp3) is 0.0800. The van der Waals surface area contributed by atoms with E-state index in [2.05, 4.69) is 20.8 Å². The first kappa shape index (κ1) is 22.8. The van der Waals surface area contributed by atoms with Gasteiger partial charge in [0.1, 0.15) is 0 Å². The van der Waals surface area contributed by atoms with Gasteiger partial charge in [0.25, 0.3) is 11.8 Å². The number of nitrogens with one attached hydrogen (secondary N) is 2. The summed E-state index contributed by atoms with van der Waals surface area (Å²) in [6, 6.07) is 21.8. The summed E-state index contributed by atoms with van der Waals surface area (Å²) in [6.45, 7) is 0. The number of imide groups is 1. The molecule has 35 heavy (non-hydrogen) atoms. The monoisotopic (exact) mass is 503 g/mol. The summed E-state index contributed by atoms with van der Waals surface area (Å²) in [4.78, 5) is 36.0. The van der Waals surface area contributed by atoms with Crippen LogP contribution in [0.25, 0.3) is 17.1 Å². The average Bonchev–Trinajstić information content (AvgIpc) is 3.40. The number of amides is 3. The van der Waals surface area contributed by atoms with Gasteiger partial charge in [0, 0.05) is 34.1 Å². The Hall–Kier alpha value is -3.95. The summed E-state index contributed by atoms with van der Waals surface area (Å²) >= 11 is 7.59. The standard InChI is InChI=1S/C25H18ClN5O3S/c26-16-6-4-5-15(13-16)22-29-30-25(31(22)18-7-2-1-3-8-18)35-12-11-21(32)27-17-9-10-19-20(14-17)24(34)28-23(19)33/h1-10,13-14H,11-12H2,(H,27,32)(H,28,33,34). The van der Waals surface area contributed by atoms with Crippen LogP contribution in [0.15, 0.2) is 78.0 Å². The Balaban J connectivity index is 1.30. The largest absolute Gasteiger partial charge is 0.326 e. The Morgan fingerprint density at radius 1 is 0.943 bits per heavy atom. The predicted molar refractivity (Wildman–Crippen MR) is 134 cm³/mol. The summed E-state index contributed by atoms with van der Waals surface area (Å²) in [5, 5.41) is 15.0.